The van der Waals surface area contributed by atoms with Gasteiger partial charge in [0.1, 0.15) is 5.69 Å². The van der Waals surface area contributed by atoms with Crippen LogP contribution in [0.3, 0.4) is 0 Å². The topological polar surface area (TPSA) is 45.2 Å². The quantitative estimate of drug-likeness (QED) is 0.811. The highest BCUT2D eigenvalue weighted by molar-refractivity contribution is 6.33. The number of anilines is 2. The zero-order valence-corrected chi connectivity index (χ0v) is 14.6. The Labute approximate surface area is 154 Å². The van der Waals surface area contributed by atoms with Crippen molar-refractivity contribution in [2.45, 2.75) is 25.4 Å². The molecule has 0 aliphatic carbocycles. The molecular formula is C18H17ClF3N3O. The van der Waals surface area contributed by atoms with Crippen LogP contribution in [0.2, 0.25) is 5.02 Å². The molecule has 0 bridgehead atoms. The minimum atomic E-state index is -4.52. The molecule has 0 atom stereocenters. The Morgan fingerprint density at radius 2 is 1.85 bits per heavy atom. The fourth-order valence-electron chi connectivity index (χ4n) is 2.84. The van der Waals surface area contributed by atoms with Crippen molar-refractivity contribution in [3.05, 3.63) is 52.8 Å². The summed E-state index contributed by atoms with van der Waals surface area (Å²) in [6.45, 7) is 1.90. The van der Waals surface area contributed by atoms with Gasteiger partial charge in [0.25, 0.3) is 5.91 Å². The van der Waals surface area contributed by atoms with Gasteiger partial charge in [-0.3, -0.25) is 4.79 Å². The van der Waals surface area contributed by atoms with Crippen molar-refractivity contribution in [3.8, 4) is 0 Å². The Balaban J connectivity index is 1.74. The zero-order valence-electron chi connectivity index (χ0n) is 13.8. The average Bonchev–Trinajstić information content (AvgIpc) is 2.63. The third-order valence-electron chi connectivity index (χ3n) is 4.24. The molecule has 0 radical (unpaired) electrons. The second-order valence-corrected chi connectivity index (χ2v) is 6.50. The number of carbonyl (C=O) groups excluding carboxylic acids is 1. The smallest absolute Gasteiger partial charge is 0.370 e. The number of rotatable bonds is 3. The summed E-state index contributed by atoms with van der Waals surface area (Å²) in [7, 11) is 0. The molecule has 2 heterocycles. The van der Waals surface area contributed by atoms with Crippen molar-refractivity contribution in [2.24, 2.45) is 0 Å². The number of carbonyl (C=O) groups is 1. The van der Waals surface area contributed by atoms with E-state index in [1.165, 1.54) is 6.42 Å². The first-order valence-corrected chi connectivity index (χ1v) is 8.61. The van der Waals surface area contributed by atoms with Crippen LogP contribution in [0.1, 0.15) is 35.3 Å². The highest BCUT2D eigenvalue weighted by atomic mass is 35.5. The van der Waals surface area contributed by atoms with Crippen molar-refractivity contribution in [1.29, 1.82) is 0 Å². The van der Waals surface area contributed by atoms with Gasteiger partial charge in [-0.1, -0.05) is 11.6 Å². The number of nitrogens with zero attached hydrogens (tertiary/aromatic N) is 2. The first-order valence-electron chi connectivity index (χ1n) is 8.24. The maximum Gasteiger partial charge on any atom is 0.416 e. The standard InChI is InChI=1S/C18H17ClF3N3O/c19-14-6-4-12(18(20,21)22)10-16(14)24-17(26)15-7-5-13(11-23-15)25-8-2-1-3-9-25/h4-7,10-11H,1-3,8-9H2,(H,24,26). The van der Waals surface area contributed by atoms with Crippen LogP contribution in [-0.4, -0.2) is 24.0 Å². The molecule has 1 aliphatic rings. The van der Waals surface area contributed by atoms with Crippen LogP contribution in [0.4, 0.5) is 24.5 Å². The number of aromatic nitrogens is 1. The van der Waals surface area contributed by atoms with E-state index in [2.05, 4.69) is 15.2 Å². The van der Waals surface area contributed by atoms with E-state index in [9.17, 15) is 18.0 Å². The van der Waals surface area contributed by atoms with E-state index in [4.69, 9.17) is 11.6 Å². The van der Waals surface area contributed by atoms with Gasteiger partial charge in [-0.2, -0.15) is 13.2 Å². The lowest BCUT2D eigenvalue weighted by molar-refractivity contribution is -0.137. The van der Waals surface area contributed by atoms with Crippen molar-refractivity contribution >= 4 is 28.9 Å². The molecular weight excluding hydrogens is 367 g/mol. The number of benzene rings is 1. The number of nitrogens with one attached hydrogen (secondary N) is 1. The maximum absolute atomic E-state index is 12.8. The van der Waals surface area contributed by atoms with Gasteiger partial charge in [-0.25, -0.2) is 4.98 Å². The normalized spacial score (nSPS) is 15.0. The summed E-state index contributed by atoms with van der Waals surface area (Å²) in [5.41, 5.74) is 0.0524. The summed E-state index contributed by atoms with van der Waals surface area (Å²) < 4.78 is 38.4. The molecule has 0 unspecified atom stereocenters. The third kappa shape index (κ3) is 4.27. The predicted octanol–water partition coefficient (Wildman–Crippen LogP) is 5.00. The van der Waals surface area contributed by atoms with Gasteiger partial charge in [-0.05, 0) is 49.6 Å². The van der Waals surface area contributed by atoms with Crippen LogP contribution in [0, 0.1) is 0 Å². The molecule has 1 aliphatic heterocycles. The zero-order chi connectivity index (χ0) is 18.7. The lowest BCUT2D eigenvalue weighted by atomic mass is 10.1. The van der Waals surface area contributed by atoms with E-state index in [1.807, 2.05) is 0 Å². The fraction of sp³-hybridized carbons (Fsp3) is 0.333. The van der Waals surface area contributed by atoms with E-state index in [1.54, 1.807) is 18.3 Å². The highest BCUT2D eigenvalue weighted by Crippen LogP contribution is 2.34. The minimum absolute atomic E-state index is 0.0243. The number of hydrogen-bond donors (Lipinski definition) is 1. The number of alkyl halides is 3. The summed E-state index contributed by atoms with van der Waals surface area (Å²) >= 11 is 5.90. The van der Waals surface area contributed by atoms with Crippen molar-refractivity contribution < 1.29 is 18.0 Å². The molecule has 0 spiro atoms. The molecule has 1 aromatic carbocycles. The van der Waals surface area contributed by atoms with Gasteiger partial charge < -0.3 is 10.2 Å². The van der Waals surface area contributed by atoms with E-state index < -0.39 is 17.6 Å². The molecule has 1 saturated heterocycles. The Bertz CT molecular complexity index is 787. The molecule has 2 aromatic rings. The molecule has 1 fully saturated rings. The first-order chi connectivity index (χ1) is 12.3. The van der Waals surface area contributed by atoms with Gasteiger partial charge in [0.15, 0.2) is 0 Å². The maximum atomic E-state index is 12.8. The van der Waals surface area contributed by atoms with Crippen molar-refractivity contribution in [1.82, 2.24) is 4.98 Å². The number of halogens is 4. The van der Waals surface area contributed by atoms with Crippen LogP contribution in [0.15, 0.2) is 36.5 Å². The van der Waals surface area contributed by atoms with Crippen LogP contribution >= 0.6 is 11.6 Å². The fourth-order valence-corrected chi connectivity index (χ4v) is 3.01. The van der Waals surface area contributed by atoms with Crippen LogP contribution < -0.4 is 10.2 Å². The van der Waals surface area contributed by atoms with Gasteiger partial charge in [0, 0.05) is 13.1 Å². The Morgan fingerprint density at radius 1 is 1.12 bits per heavy atom. The molecule has 4 nitrogen and oxygen atoms in total. The first kappa shape index (κ1) is 18.5. The van der Waals surface area contributed by atoms with Crippen LogP contribution in [0.5, 0.6) is 0 Å². The Morgan fingerprint density at radius 3 is 2.46 bits per heavy atom. The number of piperidine rings is 1. The van der Waals surface area contributed by atoms with E-state index in [0.29, 0.717) is 0 Å². The summed E-state index contributed by atoms with van der Waals surface area (Å²) in [5, 5.41) is 2.42. The number of hydrogen-bond acceptors (Lipinski definition) is 3. The van der Waals surface area contributed by atoms with E-state index in [0.717, 1.165) is 49.8 Å². The van der Waals surface area contributed by atoms with Crippen LogP contribution in [0.25, 0.3) is 0 Å². The Hall–Kier alpha value is -2.28. The number of amides is 1. The molecule has 3 rings (SSSR count). The lowest BCUT2D eigenvalue weighted by Gasteiger charge is -2.28. The second kappa shape index (κ2) is 7.53. The molecule has 1 amide bonds. The third-order valence-corrected chi connectivity index (χ3v) is 4.57. The van der Waals surface area contributed by atoms with E-state index in [-0.39, 0.29) is 16.4 Å². The van der Waals surface area contributed by atoms with Crippen molar-refractivity contribution in [2.75, 3.05) is 23.3 Å². The van der Waals surface area contributed by atoms with Crippen LogP contribution in [-0.2, 0) is 6.18 Å². The van der Waals surface area contributed by atoms with Gasteiger partial charge in [-0.15, -0.1) is 0 Å². The van der Waals surface area contributed by atoms with Gasteiger partial charge in [0.05, 0.1) is 28.2 Å². The average molecular weight is 384 g/mol. The van der Waals surface area contributed by atoms with Gasteiger partial charge in [0.2, 0.25) is 0 Å². The lowest BCUT2D eigenvalue weighted by Crippen LogP contribution is -2.29. The minimum Gasteiger partial charge on any atom is -0.370 e. The summed E-state index contributed by atoms with van der Waals surface area (Å²) in [6, 6.07) is 6.13. The monoisotopic (exact) mass is 383 g/mol. The summed E-state index contributed by atoms with van der Waals surface area (Å²) in [4.78, 5) is 18.6. The molecule has 1 aromatic heterocycles. The second-order valence-electron chi connectivity index (χ2n) is 6.10. The number of pyridine rings is 1. The molecule has 8 heteroatoms. The SMILES string of the molecule is O=C(Nc1cc(C(F)(F)F)ccc1Cl)c1ccc(N2CCCCC2)cn1. The molecule has 138 valence electrons. The molecule has 1 N–H and O–H groups in total. The predicted molar refractivity (Wildman–Crippen MR) is 94.7 cm³/mol. The Kier molecular flexibility index (Phi) is 5.36. The van der Waals surface area contributed by atoms with Gasteiger partial charge >= 0.3 is 6.18 Å². The summed E-state index contributed by atoms with van der Waals surface area (Å²) in [5.74, 6) is -0.614. The largest absolute Gasteiger partial charge is 0.416 e. The van der Waals surface area contributed by atoms with E-state index >= 15 is 0 Å². The summed E-state index contributed by atoms with van der Waals surface area (Å²) in [6.07, 6.45) is 0.543. The van der Waals surface area contributed by atoms with Crippen molar-refractivity contribution in [3.63, 3.8) is 0 Å². The highest BCUT2D eigenvalue weighted by Gasteiger charge is 2.31. The molecule has 0 saturated carbocycles. The molecule has 26 heavy (non-hydrogen) atoms.